The quantitative estimate of drug-likeness (QED) is 0.848. The first-order valence-corrected chi connectivity index (χ1v) is 7.53. The van der Waals surface area contributed by atoms with E-state index in [-0.39, 0.29) is 17.4 Å². The summed E-state index contributed by atoms with van der Waals surface area (Å²) in [7, 11) is 0. The third kappa shape index (κ3) is 4.92. The number of nitrogens with one attached hydrogen (secondary N) is 1. The zero-order valence-electron chi connectivity index (χ0n) is 13.4. The van der Waals surface area contributed by atoms with Gasteiger partial charge in [0.25, 0.3) is 0 Å². The number of hydrogen-bond donors (Lipinski definition) is 1. The number of piperazine rings is 1. The Balaban J connectivity index is 2.65. The van der Waals surface area contributed by atoms with Crippen molar-refractivity contribution in [1.29, 1.82) is 0 Å². The summed E-state index contributed by atoms with van der Waals surface area (Å²) >= 11 is 0. The van der Waals surface area contributed by atoms with E-state index < -0.39 is 12.6 Å². The average molecular weight is 294 g/mol. The van der Waals surface area contributed by atoms with Crippen LogP contribution in [-0.2, 0) is 0 Å². The monoisotopic (exact) mass is 294 g/mol. The van der Waals surface area contributed by atoms with Crippen LogP contribution in [0.1, 0.15) is 53.9 Å². The minimum absolute atomic E-state index is 0.0344. The van der Waals surface area contributed by atoms with Crippen molar-refractivity contribution >= 4 is 0 Å². The zero-order valence-corrected chi connectivity index (χ0v) is 13.4. The number of rotatable bonds is 4. The molecule has 2 atom stereocenters. The van der Waals surface area contributed by atoms with E-state index in [1.807, 2.05) is 0 Å². The summed E-state index contributed by atoms with van der Waals surface area (Å²) < 4.78 is 37.0. The van der Waals surface area contributed by atoms with Crippen LogP contribution in [0.3, 0.4) is 0 Å². The third-order valence-corrected chi connectivity index (χ3v) is 4.59. The number of alkyl halides is 3. The lowest BCUT2D eigenvalue weighted by molar-refractivity contribution is -0.137. The molecule has 0 amide bonds. The molecule has 1 N–H and O–H groups in total. The third-order valence-electron chi connectivity index (χ3n) is 4.59. The van der Waals surface area contributed by atoms with Crippen LogP contribution in [0, 0.1) is 5.41 Å². The van der Waals surface area contributed by atoms with Crippen molar-refractivity contribution in [1.82, 2.24) is 10.2 Å². The van der Waals surface area contributed by atoms with E-state index in [1.54, 1.807) is 0 Å². The maximum atomic E-state index is 12.3. The fraction of sp³-hybridized carbons (Fsp3) is 1.00. The lowest BCUT2D eigenvalue weighted by Crippen LogP contribution is -2.65. The van der Waals surface area contributed by atoms with Crippen molar-refractivity contribution in [2.45, 2.75) is 71.6 Å². The number of halogens is 3. The predicted octanol–water partition coefficient (Wildman–Crippen LogP) is 3.82. The van der Waals surface area contributed by atoms with E-state index in [4.69, 9.17) is 0 Å². The lowest BCUT2D eigenvalue weighted by atomic mass is 9.81. The molecule has 1 aliphatic rings. The van der Waals surface area contributed by atoms with Crippen LogP contribution in [0.4, 0.5) is 13.2 Å². The summed E-state index contributed by atoms with van der Waals surface area (Å²) in [5.41, 5.74) is 0.0880. The molecule has 0 aromatic rings. The van der Waals surface area contributed by atoms with Crippen molar-refractivity contribution in [2.75, 3.05) is 19.6 Å². The molecule has 1 saturated heterocycles. The van der Waals surface area contributed by atoms with Crippen molar-refractivity contribution < 1.29 is 13.2 Å². The summed E-state index contributed by atoms with van der Waals surface area (Å²) in [6, 6.07) is 0.327. The highest BCUT2D eigenvalue weighted by molar-refractivity contribution is 4.98. The van der Waals surface area contributed by atoms with Gasteiger partial charge >= 0.3 is 6.18 Å². The van der Waals surface area contributed by atoms with Crippen molar-refractivity contribution in [2.24, 2.45) is 5.41 Å². The second-order valence-electron chi connectivity index (χ2n) is 7.31. The maximum absolute atomic E-state index is 12.3. The smallest absolute Gasteiger partial charge is 0.310 e. The van der Waals surface area contributed by atoms with Gasteiger partial charge < -0.3 is 5.32 Å². The fourth-order valence-corrected chi connectivity index (χ4v) is 2.72. The van der Waals surface area contributed by atoms with Gasteiger partial charge in [0.15, 0.2) is 0 Å². The first kappa shape index (κ1) is 17.8. The molecule has 0 aromatic carbocycles. The highest BCUT2D eigenvalue weighted by Crippen LogP contribution is 2.30. The predicted molar refractivity (Wildman–Crippen MR) is 76.8 cm³/mol. The fourth-order valence-electron chi connectivity index (χ4n) is 2.72. The molecule has 0 spiro atoms. The van der Waals surface area contributed by atoms with Gasteiger partial charge in [-0.2, -0.15) is 13.2 Å². The van der Waals surface area contributed by atoms with E-state index in [0.29, 0.717) is 12.6 Å². The SMILES string of the molecule is CCC1(C)CNC(C(C)(C)C)CN1CCCC(F)(F)F. The molecule has 0 aromatic heterocycles. The Hall–Kier alpha value is -0.290. The topological polar surface area (TPSA) is 15.3 Å². The van der Waals surface area contributed by atoms with Gasteiger partial charge in [-0.15, -0.1) is 0 Å². The molecule has 0 radical (unpaired) electrons. The van der Waals surface area contributed by atoms with Crippen LogP contribution >= 0.6 is 0 Å². The lowest BCUT2D eigenvalue weighted by Gasteiger charge is -2.51. The van der Waals surface area contributed by atoms with Gasteiger partial charge in [-0.25, -0.2) is 0 Å². The standard InChI is InChI=1S/C15H29F3N2/c1-6-14(5)11-19-12(13(2,3)4)10-20(14)9-7-8-15(16,17)18/h12,19H,6-11H2,1-5H3. The summed E-state index contributed by atoms with van der Waals surface area (Å²) in [6.07, 6.45) is -3.59. The summed E-state index contributed by atoms with van der Waals surface area (Å²) in [6.45, 7) is 13.0. The van der Waals surface area contributed by atoms with Gasteiger partial charge in [0.2, 0.25) is 0 Å². The van der Waals surface area contributed by atoms with E-state index >= 15 is 0 Å². The molecule has 5 heteroatoms. The second kappa shape index (κ2) is 6.22. The summed E-state index contributed by atoms with van der Waals surface area (Å²) in [4.78, 5) is 2.26. The van der Waals surface area contributed by atoms with Gasteiger partial charge in [-0.1, -0.05) is 27.7 Å². The van der Waals surface area contributed by atoms with E-state index in [0.717, 1.165) is 19.5 Å². The minimum Gasteiger partial charge on any atom is -0.310 e. The van der Waals surface area contributed by atoms with Gasteiger partial charge in [0.1, 0.15) is 0 Å². The molecule has 0 saturated carbocycles. The van der Waals surface area contributed by atoms with Crippen molar-refractivity contribution in [3.05, 3.63) is 0 Å². The Kier molecular flexibility index (Phi) is 5.53. The van der Waals surface area contributed by atoms with Crippen LogP contribution in [0.25, 0.3) is 0 Å². The van der Waals surface area contributed by atoms with E-state index in [2.05, 4.69) is 44.8 Å². The van der Waals surface area contributed by atoms with Gasteiger partial charge in [0.05, 0.1) is 0 Å². The maximum Gasteiger partial charge on any atom is 0.389 e. The van der Waals surface area contributed by atoms with Gasteiger partial charge in [-0.3, -0.25) is 4.90 Å². The van der Waals surface area contributed by atoms with Gasteiger partial charge in [-0.05, 0) is 31.7 Å². The molecule has 20 heavy (non-hydrogen) atoms. The first-order valence-electron chi connectivity index (χ1n) is 7.53. The second-order valence-corrected chi connectivity index (χ2v) is 7.31. The molecular weight excluding hydrogens is 265 g/mol. The average Bonchev–Trinajstić information content (AvgIpc) is 2.28. The summed E-state index contributed by atoms with van der Waals surface area (Å²) in [5.74, 6) is 0. The van der Waals surface area contributed by atoms with Crippen LogP contribution in [0.2, 0.25) is 0 Å². The first-order chi connectivity index (χ1) is 8.98. The molecule has 0 aliphatic carbocycles. The molecule has 1 fully saturated rings. The van der Waals surface area contributed by atoms with Crippen LogP contribution < -0.4 is 5.32 Å². The molecule has 2 nitrogen and oxygen atoms in total. The van der Waals surface area contributed by atoms with Crippen LogP contribution in [0.15, 0.2) is 0 Å². The van der Waals surface area contributed by atoms with Crippen molar-refractivity contribution in [3.8, 4) is 0 Å². The number of nitrogens with zero attached hydrogens (tertiary/aromatic N) is 1. The Bertz CT molecular complexity index is 309. The van der Waals surface area contributed by atoms with E-state index in [1.165, 1.54) is 0 Å². The largest absolute Gasteiger partial charge is 0.389 e. The molecule has 120 valence electrons. The highest BCUT2D eigenvalue weighted by atomic mass is 19.4. The molecular formula is C15H29F3N2. The Morgan fingerprint density at radius 3 is 2.30 bits per heavy atom. The van der Waals surface area contributed by atoms with Crippen LogP contribution in [-0.4, -0.2) is 42.3 Å². The molecule has 1 rings (SSSR count). The number of hydrogen-bond acceptors (Lipinski definition) is 2. The Morgan fingerprint density at radius 2 is 1.85 bits per heavy atom. The zero-order chi connectivity index (χ0) is 15.6. The van der Waals surface area contributed by atoms with Crippen molar-refractivity contribution in [3.63, 3.8) is 0 Å². The molecule has 0 bridgehead atoms. The van der Waals surface area contributed by atoms with E-state index in [9.17, 15) is 13.2 Å². The molecule has 2 unspecified atom stereocenters. The van der Waals surface area contributed by atoms with Gasteiger partial charge in [0, 0.05) is 31.1 Å². The summed E-state index contributed by atoms with van der Waals surface area (Å²) in [5, 5.41) is 3.57. The highest BCUT2D eigenvalue weighted by Gasteiger charge is 2.40. The molecule has 1 aliphatic heterocycles. The minimum atomic E-state index is -4.04. The molecule has 1 heterocycles. The normalized spacial score (nSPS) is 29.7. The Morgan fingerprint density at radius 1 is 1.25 bits per heavy atom. The van der Waals surface area contributed by atoms with Crippen LogP contribution in [0.5, 0.6) is 0 Å². The Labute approximate surface area is 121 Å².